The van der Waals surface area contributed by atoms with Crippen molar-refractivity contribution in [1.82, 2.24) is 9.88 Å². The molecule has 0 saturated carbocycles. The van der Waals surface area contributed by atoms with Gasteiger partial charge in [-0.3, -0.25) is 4.79 Å². The number of carbonyl (C=O) groups is 2. The molecule has 1 heterocycles. The minimum atomic E-state index is -0.446. The van der Waals surface area contributed by atoms with E-state index < -0.39 is 5.97 Å². The molecule has 2 aromatic rings. The number of ether oxygens (including phenoxy) is 1. The minimum Gasteiger partial charge on any atom is -0.456 e. The third kappa shape index (κ3) is 4.07. The third-order valence-electron chi connectivity index (χ3n) is 3.59. The van der Waals surface area contributed by atoms with E-state index in [9.17, 15) is 9.59 Å². The lowest BCUT2D eigenvalue weighted by atomic mass is 10.1. The zero-order valence-electron chi connectivity index (χ0n) is 14.0. The van der Waals surface area contributed by atoms with Crippen LogP contribution in [0.15, 0.2) is 30.3 Å². The van der Waals surface area contributed by atoms with E-state index in [1.165, 1.54) is 0 Å². The summed E-state index contributed by atoms with van der Waals surface area (Å²) in [6.07, 6.45) is 0. The van der Waals surface area contributed by atoms with Crippen molar-refractivity contribution in [3.63, 3.8) is 0 Å². The lowest BCUT2D eigenvalue weighted by Gasteiger charge is -2.09. The van der Waals surface area contributed by atoms with Crippen LogP contribution in [0.3, 0.4) is 0 Å². The molecule has 0 saturated heterocycles. The van der Waals surface area contributed by atoms with Gasteiger partial charge in [-0.2, -0.15) is 0 Å². The van der Waals surface area contributed by atoms with Crippen LogP contribution in [0.25, 0.3) is 0 Å². The van der Waals surface area contributed by atoms with E-state index in [1.807, 2.05) is 49.3 Å². The summed E-state index contributed by atoms with van der Waals surface area (Å²) in [6.45, 7) is 4.07. The van der Waals surface area contributed by atoms with Crippen LogP contribution in [-0.4, -0.2) is 42.3 Å². The van der Waals surface area contributed by atoms with E-state index in [1.54, 1.807) is 13.8 Å². The molecule has 2 rings (SSSR count). The number of ketones is 1. The van der Waals surface area contributed by atoms with Gasteiger partial charge in [-0.05, 0) is 39.1 Å². The molecule has 5 nitrogen and oxygen atoms in total. The Morgan fingerprint density at radius 2 is 1.78 bits per heavy atom. The maximum absolute atomic E-state index is 12.3. The fourth-order valence-electron chi connectivity index (χ4n) is 2.53. The molecule has 0 aliphatic carbocycles. The monoisotopic (exact) mass is 314 g/mol. The van der Waals surface area contributed by atoms with Gasteiger partial charge < -0.3 is 14.6 Å². The molecule has 0 aliphatic rings. The Hall–Kier alpha value is -2.40. The highest BCUT2D eigenvalue weighted by Crippen LogP contribution is 2.20. The van der Waals surface area contributed by atoms with Crippen LogP contribution in [0, 0.1) is 13.8 Å². The number of rotatable bonds is 6. The van der Waals surface area contributed by atoms with Crippen molar-refractivity contribution in [2.75, 3.05) is 20.6 Å². The average Bonchev–Trinajstić information content (AvgIpc) is 2.80. The van der Waals surface area contributed by atoms with E-state index >= 15 is 0 Å². The van der Waals surface area contributed by atoms with Crippen LogP contribution in [0.4, 0.5) is 0 Å². The first-order chi connectivity index (χ1) is 10.9. The topological polar surface area (TPSA) is 62.4 Å². The van der Waals surface area contributed by atoms with Crippen LogP contribution in [-0.2, 0) is 11.3 Å². The molecule has 5 heteroatoms. The van der Waals surface area contributed by atoms with Gasteiger partial charge in [0.2, 0.25) is 0 Å². The first kappa shape index (κ1) is 17.0. The number of Topliss-reactive ketones (excluding diaryl/α,β-unsaturated/α-hetero) is 1. The molecule has 0 bridgehead atoms. The second-order valence-electron chi connectivity index (χ2n) is 5.85. The highest BCUT2D eigenvalue weighted by Gasteiger charge is 2.23. The normalized spacial score (nSPS) is 10.8. The van der Waals surface area contributed by atoms with Gasteiger partial charge in [0.05, 0.1) is 6.54 Å². The van der Waals surface area contributed by atoms with Gasteiger partial charge in [0.15, 0.2) is 5.78 Å². The summed E-state index contributed by atoms with van der Waals surface area (Å²) in [5, 5.41) is 0. The Bertz CT molecular complexity index is 703. The number of hydrogen-bond donors (Lipinski definition) is 1. The van der Waals surface area contributed by atoms with E-state index in [4.69, 9.17) is 4.74 Å². The average molecular weight is 314 g/mol. The highest BCUT2D eigenvalue weighted by atomic mass is 16.5. The van der Waals surface area contributed by atoms with Crippen molar-refractivity contribution in [3.8, 4) is 0 Å². The van der Waals surface area contributed by atoms with E-state index in [2.05, 4.69) is 4.98 Å². The van der Waals surface area contributed by atoms with Crippen molar-refractivity contribution in [3.05, 3.63) is 58.4 Å². The standard InChI is InChI=1S/C18H22N2O3/c1-12-16(15(21)10-20(3)4)13(2)19-17(12)18(22)23-11-14-8-6-5-7-9-14/h5-9,19H,10-11H2,1-4H3. The first-order valence-electron chi connectivity index (χ1n) is 7.48. The van der Waals surface area contributed by atoms with E-state index in [0.717, 1.165) is 5.56 Å². The summed E-state index contributed by atoms with van der Waals surface area (Å²) in [4.78, 5) is 29.4. The van der Waals surface area contributed by atoms with Gasteiger partial charge in [-0.1, -0.05) is 30.3 Å². The molecule has 0 spiro atoms. The number of H-pyrrole nitrogens is 1. The molecule has 0 aliphatic heterocycles. The van der Waals surface area contributed by atoms with Crippen molar-refractivity contribution in [1.29, 1.82) is 0 Å². The number of nitrogens with one attached hydrogen (secondary N) is 1. The molecule has 0 fully saturated rings. The number of aromatic amines is 1. The highest BCUT2D eigenvalue weighted by molar-refractivity contribution is 6.03. The molecule has 122 valence electrons. The van der Waals surface area contributed by atoms with Crippen LogP contribution >= 0.6 is 0 Å². The molecular formula is C18H22N2O3. The molecule has 0 atom stereocenters. The van der Waals surface area contributed by atoms with Gasteiger partial charge in [0.25, 0.3) is 0 Å². The second-order valence-corrected chi connectivity index (χ2v) is 5.85. The van der Waals surface area contributed by atoms with Crippen molar-refractivity contribution >= 4 is 11.8 Å². The largest absolute Gasteiger partial charge is 0.456 e. The Morgan fingerprint density at radius 3 is 2.39 bits per heavy atom. The Morgan fingerprint density at radius 1 is 1.13 bits per heavy atom. The molecule has 1 aromatic carbocycles. The fourth-order valence-corrected chi connectivity index (χ4v) is 2.53. The maximum Gasteiger partial charge on any atom is 0.355 e. The number of likely N-dealkylation sites (N-methyl/N-ethyl adjacent to an activating group) is 1. The summed E-state index contributed by atoms with van der Waals surface area (Å²) in [5.74, 6) is -0.457. The number of nitrogens with zero attached hydrogens (tertiary/aromatic N) is 1. The van der Waals surface area contributed by atoms with Gasteiger partial charge in [0.1, 0.15) is 12.3 Å². The Balaban J connectivity index is 2.14. The lowest BCUT2D eigenvalue weighted by Crippen LogP contribution is -2.22. The number of aromatic nitrogens is 1. The summed E-state index contributed by atoms with van der Waals surface area (Å²) in [6, 6.07) is 9.49. The van der Waals surface area contributed by atoms with Gasteiger partial charge in [-0.15, -0.1) is 0 Å². The van der Waals surface area contributed by atoms with Gasteiger partial charge >= 0.3 is 5.97 Å². The van der Waals surface area contributed by atoms with Gasteiger partial charge in [-0.25, -0.2) is 4.79 Å². The van der Waals surface area contributed by atoms with Crippen molar-refractivity contribution in [2.24, 2.45) is 0 Å². The predicted molar refractivity (Wildman–Crippen MR) is 88.7 cm³/mol. The molecule has 0 radical (unpaired) electrons. The number of carbonyl (C=O) groups excluding carboxylic acids is 2. The zero-order valence-corrected chi connectivity index (χ0v) is 14.0. The summed E-state index contributed by atoms with van der Waals surface area (Å²) in [5.41, 5.74) is 3.19. The minimum absolute atomic E-state index is 0.0108. The Labute approximate surface area is 136 Å². The molecule has 1 aromatic heterocycles. The number of esters is 1. The number of aryl methyl sites for hydroxylation is 1. The van der Waals surface area contributed by atoms with Crippen LogP contribution < -0.4 is 0 Å². The summed E-state index contributed by atoms with van der Waals surface area (Å²) < 4.78 is 5.33. The maximum atomic E-state index is 12.3. The number of benzene rings is 1. The predicted octanol–water partition coefficient (Wildman–Crippen LogP) is 2.73. The smallest absolute Gasteiger partial charge is 0.355 e. The fraction of sp³-hybridized carbons (Fsp3) is 0.333. The van der Waals surface area contributed by atoms with E-state index in [0.29, 0.717) is 29.1 Å². The quantitative estimate of drug-likeness (QED) is 0.658. The molecule has 23 heavy (non-hydrogen) atoms. The molecule has 0 unspecified atom stereocenters. The lowest BCUT2D eigenvalue weighted by molar-refractivity contribution is 0.0465. The summed E-state index contributed by atoms with van der Waals surface area (Å²) in [7, 11) is 3.68. The first-order valence-corrected chi connectivity index (χ1v) is 7.48. The zero-order chi connectivity index (χ0) is 17.0. The van der Waals surface area contributed by atoms with Crippen molar-refractivity contribution < 1.29 is 14.3 Å². The van der Waals surface area contributed by atoms with E-state index in [-0.39, 0.29) is 12.4 Å². The molecule has 1 N–H and O–H groups in total. The molecule has 0 amide bonds. The second kappa shape index (κ2) is 7.24. The third-order valence-corrected chi connectivity index (χ3v) is 3.59. The summed E-state index contributed by atoms with van der Waals surface area (Å²) >= 11 is 0. The van der Waals surface area contributed by atoms with Crippen LogP contribution in [0.2, 0.25) is 0 Å². The van der Waals surface area contributed by atoms with Crippen LogP contribution in [0.5, 0.6) is 0 Å². The molecular weight excluding hydrogens is 292 g/mol. The van der Waals surface area contributed by atoms with Crippen molar-refractivity contribution in [2.45, 2.75) is 20.5 Å². The van der Waals surface area contributed by atoms with Gasteiger partial charge in [0, 0.05) is 11.3 Å². The van der Waals surface area contributed by atoms with Crippen LogP contribution in [0.1, 0.15) is 37.7 Å². The number of hydrogen-bond acceptors (Lipinski definition) is 4. The Kier molecular flexibility index (Phi) is 5.34. The SMILES string of the molecule is Cc1[nH]c(C(=O)OCc2ccccc2)c(C)c1C(=O)CN(C)C.